The molecule has 0 aromatic carbocycles. The van der Waals surface area contributed by atoms with Crippen molar-refractivity contribution in [1.29, 1.82) is 0 Å². The Kier molecular flexibility index (Phi) is 5.69. The fourth-order valence-electron chi connectivity index (χ4n) is 1.17. The van der Waals surface area contributed by atoms with Crippen LogP contribution in [-0.2, 0) is 13.1 Å². The molecule has 0 aliphatic carbocycles. The number of thiazole rings is 1. The van der Waals surface area contributed by atoms with E-state index in [9.17, 15) is 0 Å². The summed E-state index contributed by atoms with van der Waals surface area (Å²) >= 11 is 7.29. The molecule has 0 amide bonds. The van der Waals surface area contributed by atoms with Gasteiger partial charge >= 0.3 is 0 Å². The smallest absolute Gasteiger partial charge is 0.129 e. The molecule has 0 radical (unpaired) electrons. The second-order valence-electron chi connectivity index (χ2n) is 3.07. The highest BCUT2D eigenvalue weighted by atomic mass is 35.5. The number of hydrogen-bond acceptors (Lipinski definition) is 4. The third-order valence-corrected chi connectivity index (χ3v) is 2.77. The fraction of sp³-hybridized carbons (Fsp3) is 0.200. The molecule has 2 heterocycles. The van der Waals surface area contributed by atoms with E-state index in [4.69, 9.17) is 11.6 Å². The van der Waals surface area contributed by atoms with Gasteiger partial charge in [-0.3, -0.25) is 0 Å². The largest absolute Gasteiger partial charge is 0.307 e. The van der Waals surface area contributed by atoms with E-state index in [-0.39, 0.29) is 12.4 Å². The number of nitrogens with zero attached hydrogens (tertiary/aromatic N) is 2. The molecule has 1 N–H and O–H groups in total. The molecule has 0 aliphatic rings. The predicted octanol–water partition coefficient (Wildman–Crippen LogP) is 2.90. The van der Waals surface area contributed by atoms with Crippen LogP contribution in [0, 0.1) is 0 Å². The maximum absolute atomic E-state index is 5.69. The highest BCUT2D eigenvalue weighted by Crippen LogP contribution is 2.05. The second-order valence-corrected chi connectivity index (χ2v) is 4.18. The van der Waals surface area contributed by atoms with Crippen LogP contribution in [0.2, 0.25) is 5.15 Å². The lowest BCUT2D eigenvalue weighted by molar-refractivity contribution is 0.681. The van der Waals surface area contributed by atoms with E-state index in [1.807, 2.05) is 17.0 Å². The minimum Gasteiger partial charge on any atom is -0.307 e. The normalized spacial score (nSPS) is 9.81. The zero-order valence-corrected chi connectivity index (χ0v) is 10.8. The molecule has 0 saturated carbocycles. The first-order chi connectivity index (χ1) is 7.34. The minimum atomic E-state index is 0. The summed E-state index contributed by atoms with van der Waals surface area (Å²) in [6, 6.07) is 3.75. The van der Waals surface area contributed by atoms with Gasteiger partial charge in [0.15, 0.2) is 0 Å². The van der Waals surface area contributed by atoms with Crippen molar-refractivity contribution in [2.75, 3.05) is 0 Å². The molecule has 0 fully saturated rings. The van der Waals surface area contributed by atoms with E-state index in [0.29, 0.717) is 5.15 Å². The molecule has 2 aromatic rings. The third-order valence-electron chi connectivity index (χ3n) is 1.91. The predicted molar refractivity (Wildman–Crippen MR) is 69.2 cm³/mol. The first kappa shape index (κ1) is 13.4. The molecule has 0 spiro atoms. The van der Waals surface area contributed by atoms with Gasteiger partial charge in [0, 0.05) is 24.7 Å². The van der Waals surface area contributed by atoms with Crippen LogP contribution in [-0.4, -0.2) is 9.97 Å². The first-order valence-electron chi connectivity index (χ1n) is 4.53. The van der Waals surface area contributed by atoms with Crippen LogP contribution in [0.5, 0.6) is 0 Å². The molecule has 2 aromatic heterocycles. The molecule has 6 heteroatoms. The van der Waals surface area contributed by atoms with Crippen LogP contribution in [0.25, 0.3) is 0 Å². The molecule has 0 atom stereocenters. The molecular weight excluding hydrogens is 265 g/mol. The number of aromatic nitrogens is 2. The van der Waals surface area contributed by atoms with Crippen molar-refractivity contribution in [2.24, 2.45) is 0 Å². The van der Waals surface area contributed by atoms with Crippen molar-refractivity contribution in [3.8, 4) is 0 Å². The Labute approximate surface area is 109 Å². The minimum absolute atomic E-state index is 0. The van der Waals surface area contributed by atoms with Crippen LogP contribution < -0.4 is 5.32 Å². The average Bonchev–Trinajstić information content (AvgIpc) is 2.74. The summed E-state index contributed by atoms with van der Waals surface area (Å²) in [5, 5.41) is 5.85. The Morgan fingerprint density at radius 2 is 2.12 bits per heavy atom. The van der Waals surface area contributed by atoms with Crippen molar-refractivity contribution in [3.05, 3.63) is 45.6 Å². The van der Waals surface area contributed by atoms with Crippen molar-refractivity contribution in [1.82, 2.24) is 15.3 Å². The van der Waals surface area contributed by atoms with Gasteiger partial charge in [-0.25, -0.2) is 9.97 Å². The maximum atomic E-state index is 5.69. The van der Waals surface area contributed by atoms with E-state index in [2.05, 4.69) is 15.3 Å². The molecule has 0 bridgehead atoms. The second kappa shape index (κ2) is 6.81. The molecule has 0 unspecified atom stereocenters. The summed E-state index contributed by atoms with van der Waals surface area (Å²) in [4.78, 5) is 8.19. The van der Waals surface area contributed by atoms with E-state index in [1.165, 1.54) is 0 Å². The van der Waals surface area contributed by atoms with Gasteiger partial charge in [0.05, 0.1) is 11.2 Å². The van der Waals surface area contributed by atoms with Gasteiger partial charge in [0.2, 0.25) is 0 Å². The Morgan fingerprint density at radius 1 is 1.25 bits per heavy atom. The van der Waals surface area contributed by atoms with Crippen molar-refractivity contribution in [3.63, 3.8) is 0 Å². The molecule has 2 rings (SSSR count). The highest BCUT2D eigenvalue weighted by molar-refractivity contribution is 7.07. The van der Waals surface area contributed by atoms with Gasteiger partial charge in [0.25, 0.3) is 0 Å². The monoisotopic (exact) mass is 275 g/mol. The standard InChI is InChI=1S/C10H10ClN3S.ClH/c11-10-2-1-8(4-13-10)3-12-5-9-6-15-7-14-9;/h1-2,4,6-7,12H,3,5H2;1H. The number of nitrogens with one attached hydrogen (secondary N) is 1. The quantitative estimate of drug-likeness (QED) is 0.872. The molecular formula is C10H11Cl2N3S. The lowest BCUT2D eigenvalue weighted by Gasteiger charge is -2.02. The summed E-state index contributed by atoms with van der Waals surface area (Å²) in [6.07, 6.45) is 1.77. The summed E-state index contributed by atoms with van der Waals surface area (Å²) in [6.45, 7) is 1.56. The Balaban J connectivity index is 0.00000128. The maximum Gasteiger partial charge on any atom is 0.129 e. The average molecular weight is 276 g/mol. The molecule has 3 nitrogen and oxygen atoms in total. The highest BCUT2D eigenvalue weighted by Gasteiger charge is 1.96. The van der Waals surface area contributed by atoms with E-state index < -0.39 is 0 Å². The van der Waals surface area contributed by atoms with Crippen LogP contribution in [0.15, 0.2) is 29.2 Å². The summed E-state index contributed by atoms with van der Waals surface area (Å²) in [5.74, 6) is 0. The van der Waals surface area contributed by atoms with Crippen molar-refractivity contribution < 1.29 is 0 Å². The van der Waals surface area contributed by atoms with E-state index in [0.717, 1.165) is 24.3 Å². The number of halogens is 2. The lowest BCUT2D eigenvalue weighted by atomic mass is 10.3. The van der Waals surface area contributed by atoms with Gasteiger partial charge in [-0.05, 0) is 11.6 Å². The van der Waals surface area contributed by atoms with Crippen LogP contribution in [0.4, 0.5) is 0 Å². The molecule has 0 saturated heterocycles. The van der Waals surface area contributed by atoms with Gasteiger partial charge < -0.3 is 5.32 Å². The number of hydrogen-bond donors (Lipinski definition) is 1. The van der Waals surface area contributed by atoms with Gasteiger partial charge in [-0.1, -0.05) is 17.7 Å². The van der Waals surface area contributed by atoms with Crippen LogP contribution >= 0.6 is 35.3 Å². The number of pyridine rings is 1. The summed E-state index contributed by atoms with van der Waals surface area (Å²) in [5.41, 5.74) is 4.03. The fourth-order valence-corrected chi connectivity index (χ4v) is 1.84. The molecule has 0 aliphatic heterocycles. The van der Waals surface area contributed by atoms with Gasteiger partial charge in [0.1, 0.15) is 5.15 Å². The molecule has 16 heavy (non-hydrogen) atoms. The van der Waals surface area contributed by atoms with Gasteiger partial charge in [-0.2, -0.15) is 0 Å². The summed E-state index contributed by atoms with van der Waals surface area (Å²) < 4.78 is 0. The number of rotatable bonds is 4. The Bertz CT molecular complexity index is 403. The summed E-state index contributed by atoms with van der Waals surface area (Å²) in [7, 11) is 0. The third kappa shape index (κ3) is 4.06. The topological polar surface area (TPSA) is 37.8 Å². The Morgan fingerprint density at radius 3 is 2.75 bits per heavy atom. The zero-order chi connectivity index (χ0) is 10.5. The van der Waals surface area contributed by atoms with Gasteiger partial charge in [-0.15, -0.1) is 23.7 Å². The SMILES string of the molecule is Cl.Clc1ccc(CNCc2cscn2)cn1. The van der Waals surface area contributed by atoms with E-state index >= 15 is 0 Å². The van der Waals surface area contributed by atoms with Crippen molar-refractivity contribution in [2.45, 2.75) is 13.1 Å². The molecule has 86 valence electrons. The zero-order valence-electron chi connectivity index (χ0n) is 8.39. The Hall–Kier alpha value is -0.680. The lowest BCUT2D eigenvalue weighted by Crippen LogP contribution is -2.12. The van der Waals surface area contributed by atoms with Crippen LogP contribution in [0.3, 0.4) is 0 Å². The van der Waals surface area contributed by atoms with Crippen LogP contribution in [0.1, 0.15) is 11.3 Å². The van der Waals surface area contributed by atoms with Crippen molar-refractivity contribution >= 4 is 35.3 Å². The first-order valence-corrected chi connectivity index (χ1v) is 5.85. The van der Waals surface area contributed by atoms with E-state index in [1.54, 1.807) is 23.6 Å².